The molecule has 0 atom stereocenters. The normalized spacial score (nSPS) is 10.7. The van der Waals surface area contributed by atoms with Crippen LogP contribution in [0.1, 0.15) is 30.0 Å². The molecular weight excluding hydrogens is 286 g/mol. The van der Waals surface area contributed by atoms with E-state index in [9.17, 15) is 4.79 Å². The molecule has 0 aliphatic heterocycles. The van der Waals surface area contributed by atoms with Crippen molar-refractivity contribution in [3.8, 4) is 0 Å². The van der Waals surface area contributed by atoms with Crippen molar-refractivity contribution >= 4 is 12.2 Å². The van der Waals surface area contributed by atoms with Crippen molar-refractivity contribution in [1.82, 2.24) is 5.32 Å². The number of ether oxygens (including phenoxy) is 1. The Labute approximate surface area is 138 Å². The Balaban J connectivity index is 1.62. The fraction of sp³-hybridized carbons (Fsp3) is 0.250. The molecule has 3 heteroatoms. The fourth-order valence-corrected chi connectivity index (χ4v) is 2.12. The zero-order chi connectivity index (χ0) is 16.3. The minimum atomic E-state index is -0.380. The Morgan fingerprint density at radius 3 is 2.48 bits per heavy atom. The van der Waals surface area contributed by atoms with E-state index in [1.165, 1.54) is 11.1 Å². The van der Waals surface area contributed by atoms with Crippen LogP contribution in [0.3, 0.4) is 0 Å². The molecule has 0 aliphatic rings. The molecule has 3 nitrogen and oxygen atoms in total. The molecule has 2 aromatic rings. The zero-order valence-electron chi connectivity index (χ0n) is 13.5. The third kappa shape index (κ3) is 6.39. The first-order chi connectivity index (χ1) is 11.3. The van der Waals surface area contributed by atoms with Gasteiger partial charge in [0.1, 0.15) is 6.61 Å². The van der Waals surface area contributed by atoms with Gasteiger partial charge in [-0.25, -0.2) is 4.79 Å². The van der Waals surface area contributed by atoms with Gasteiger partial charge in [0.25, 0.3) is 0 Å². The maximum Gasteiger partial charge on any atom is 0.407 e. The van der Waals surface area contributed by atoms with Gasteiger partial charge in [0.2, 0.25) is 0 Å². The van der Waals surface area contributed by atoms with E-state index >= 15 is 0 Å². The number of hydrogen-bond donors (Lipinski definition) is 1. The van der Waals surface area contributed by atoms with E-state index in [4.69, 9.17) is 4.74 Å². The summed E-state index contributed by atoms with van der Waals surface area (Å²) in [5, 5.41) is 2.75. The Kier molecular flexibility index (Phi) is 6.92. The number of benzene rings is 2. The van der Waals surface area contributed by atoms with E-state index < -0.39 is 0 Å². The third-order valence-electron chi connectivity index (χ3n) is 3.49. The molecule has 0 radical (unpaired) electrons. The van der Waals surface area contributed by atoms with E-state index in [1.54, 1.807) is 0 Å². The van der Waals surface area contributed by atoms with Crippen molar-refractivity contribution in [3.63, 3.8) is 0 Å². The van der Waals surface area contributed by atoms with E-state index in [0.717, 1.165) is 18.4 Å². The van der Waals surface area contributed by atoms with Crippen molar-refractivity contribution in [3.05, 3.63) is 77.4 Å². The second kappa shape index (κ2) is 9.46. The highest BCUT2D eigenvalue weighted by molar-refractivity contribution is 5.67. The Morgan fingerprint density at radius 2 is 1.78 bits per heavy atom. The Hall–Kier alpha value is -2.55. The highest BCUT2D eigenvalue weighted by atomic mass is 16.5. The number of carbonyl (C=O) groups is 1. The lowest BCUT2D eigenvalue weighted by Crippen LogP contribution is -2.24. The second-order valence-electron chi connectivity index (χ2n) is 5.27. The molecule has 2 aromatic carbocycles. The zero-order valence-corrected chi connectivity index (χ0v) is 13.5. The smallest absolute Gasteiger partial charge is 0.407 e. The first-order valence-corrected chi connectivity index (χ1v) is 7.98. The summed E-state index contributed by atoms with van der Waals surface area (Å²) >= 11 is 0. The summed E-state index contributed by atoms with van der Waals surface area (Å²) in [6.45, 7) is 3.01. The highest BCUT2D eigenvalue weighted by Crippen LogP contribution is 2.07. The van der Waals surface area contributed by atoms with Gasteiger partial charge in [-0.3, -0.25) is 0 Å². The number of amides is 1. The first-order valence-electron chi connectivity index (χ1n) is 7.98. The predicted octanol–water partition coefficient (Wildman–Crippen LogP) is 4.58. The van der Waals surface area contributed by atoms with E-state index in [1.807, 2.05) is 30.3 Å². The molecule has 0 saturated carbocycles. The number of alkyl carbamates (subject to hydrolysis) is 1. The molecule has 120 valence electrons. The van der Waals surface area contributed by atoms with E-state index in [-0.39, 0.29) is 6.09 Å². The van der Waals surface area contributed by atoms with Gasteiger partial charge in [-0.05, 0) is 29.5 Å². The highest BCUT2D eigenvalue weighted by Gasteiger charge is 2.00. The van der Waals surface area contributed by atoms with Crippen LogP contribution < -0.4 is 5.32 Å². The largest absolute Gasteiger partial charge is 0.445 e. The molecule has 1 N–H and O–H groups in total. The summed E-state index contributed by atoms with van der Waals surface area (Å²) in [4.78, 5) is 11.6. The van der Waals surface area contributed by atoms with Crippen LogP contribution in [0.15, 0.2) is 60.7 Å². The molecule has 0 spiro atoms. The molecule has 23 heavy (non-hydrogen) atoms. The molecule has 0 aromatic heterocycles. The maximum atomic E-state index is 11.6. The summed E-state index contributed by atoms with van der Waals surface area (Å²) in [6, 6.07) is 18.1. The lowest BCUT2D eigenvalue weighted by Gasteiger charge is -2.05. The van der Waals surface area contributed by atoms with Gasteiger partial charge in [0, 0.05) is 6.54 Å². The van der Waals surface area contributed by atoms with Crippen molar-refractivity contribution < 1.29 is 9.53 Å². The van der Waals surface area contributed by atoms with Crippen LogP contribution >= 0.6 is 0 Å². The lowest BCUT2D eigenvalue weighted by atomic mass is 10.1. The van der Waals surface area contributed by atoms with Gasteiger partial charge >= 0.3 is 6.09 Å². The molecule has 0 heterocycles. The summed E-state index contributed by atoms with van der Waals surface area (Å²) in [7, 11) is 0. The SMILES string of the molecule is CCc1ccc(C=CCCNC(=O)OCc2ccccc2)cc1. The molecule has 1 amide bonds. The first kappa shape index (κ1) is 16.8. The average Bonchev–Trinajstić information content (AvgIpc) is 2.61. The van der Waals surface area contributed by atoms with Gasteiger partial charge in [-0.1, -0.05) is 73.7 Å². The van der Waals surface area contributed by atoms with Crippen LogP contribution in [0.4, 0.5) is 4.79 Å². The standard InChI is InChI=1S/C20H23NO2/c1-2-17-11-13-18(14-12-17)8-6-7-15-21-20(22)23-16-19-9-4-3-5-10-19/h3-6,8-14H,2,7,15-16H2,1H3,(H,21,22). The van der Waals surface area contributed by atoms with Crippen molar-refractivity contribution in [1.29, 1.82) is 0 Å². The number of aryl methyl sites for hydroxylation is 1. The number of carbonyl (C=O) groups excluding carboxylic acids is 1. The second-order valence-corrected chi connectivity index (χ2v) is 5.27. The van der Waals surface area contributed by atoms with E-state index in [0.29, 0.717) is 13.2 Å². The summed E-state index contributed by atoms with van der Waals surface area (Å²) in [6.07, 6.45) is 5.57. The topological polar surface area (TPSA) is 38.3 Å². The van der Waals surface area contributed by atoms with Gasteiger partial charge in [-0.15, -0.1) is 0 Å². The number of hydrogen-bond acceptors (Lipinski definition) is 2. The molecule has 2 rings (SSSR count). The minimum absolute atomic E-state index is 0.298. The van der Waals surface area contributed by atoms with Gasteiger partial charge in [0.15, 0.2) is 0 Å². The van der Waals surface area contributed by atoms with Crippen LogP contribution in [-0.4, -0.2) is 12.6 Å². The Morgan fingerprint density at radius 1 is 1.04 bits per heavy atom. The average molecular weight is 309 g/mol. The summed E-state index contributed by atoms with van der Waals surface area (Å²) < 4.78 is 5.14. The van der Waals surface area contributed by atoms with Gasteiger partial charge in [-0.2, -0.15) is 0 Å². The molecule has 0 unspecified atom stereocenters. The third-order valence-corrected chi connectivity index (χ3v) is 3.49. The fourth-order valence-electron chi connectivity index (χ4n) is 2.12. The number of nitrogens with one attached hydrogen (secondary N) is 1. The van der Waals surface area contributed by atoms with E-state index in [2.05, 4.69) is 48.7 Å². The van der Waals surface area contributed by atoms with Crippen molar-refractivity contribution in [2.75, 3.05) is 6.54 Å². The monoisotopic (exact) mass is 309 g/mol. The van der Waals surface area contributed by atoms with Crippen LogP contribution in [0, 0.1) is 0 Å². The van der Waals surface area contributed by atoms with Crippen molar-refractivity contribution in [2.24, 2.45) is 0 Å². The van der Waals surface area contributed by atoms with Crippen molar-refractivity contribution in [2.45, 2.75) is 26.4 Å². The number of rotatable bonds is 7. The quantitative estimate of drug-likeness (QED) is 0.760. The Bertz CT molecular complexity index is 618. The molecule has 0 aliphatic carbocycles. The van der Waals surface area contributed by atoms with Crippen LogP contribution in [-0.2, 0) is 17.8 Å². The van der Waals surface area contributed by atoms with Crippen LogP contribution in [0.25, 0.3) is 6.08 Å². The lowest BCUT2D eigenvalue weighted by molar-refractivity contribution is 0.140. The predicted molar refractivity (Wildman–Crippen MR) is 94.1 cm³/mol. The molecule has 0 bridgehead atoms. The molecular formula is C20H23NO2. The molecule has 0 fully saturated rings. The van der Waals surface area contributed by atoms with Gasteiger partial charge in [0.05, 0.1) is 0 Å². The van der Waals surface area contributed by atoms with Crippen LogP contribution in [0.5, 0.6) is 0 Å². The summed E-state index contributed by atoms with van der Waals surface area (Å²) in [5.41, 5.74) is 3.50. The minimum Gasteiger partial charge on any atom is -0.445 e. The molecule has 0 saturated heterocycles. The van der Waals surface area contributed by atoms with Crippen LogP contribution in [0.2, 0.25) is 0 Å². The van der Waals surface area contributed by atoms with Gasteiger partial charge < -0.3 is 10.1 Å². The summed E-state index contributed by atoms with van der Waals surface area (Å²) in [5.74, 6) is 0. The maximum absolute atomic E-state index is 11.6.